The van der Waals surface area contributed by atoms with Gasteiger partial charge in [0.05, 0.1) is 10.2 Å². The summed E-state index contributed by atoms with van der Waals surface area (Å²) >= 11 is 1.51. The molecule has 0 atom stereocenters. The SMILES string of the molecule is CCCCc1ccc2nc(NC(=O)COc3ccc(C4CCCCC4)cc3)sc2c1. The van der Waals surface area contributed by atoms with Crippen LogP contribution in [0.1, 0.15) is 68.9 Å². The molecule has 2 aromatic carbocycles. The van der Waals surface area contributed by atoms with Crippen molar-refractivity contribution < 1.29 is 9.53 Å². The van der Waals surface area contributed by atoms with Crippen LogP contribution in [-0.2, 0) is 11.2 Å². The molecule has 1 N–H and O–H groups in total. The number of thiazole rings is 1. The van der Waals surface area contributed by atoms with E-state index in [0.717, 1.165) is 22.4 Å². The van der Waals surface area contributed by atoms with E-state index < -0.39 is 0 Å². The van der Waals surface area contributed by atoms with Crippen LogP contribution >= 0.6 is 11.3 Å². The Kier molecular flexibility index (Phi) is 7.00. The molecule has 1 aliphatic rings. The molecule has 1 saturated carbocycles. The molecule has 0 spiro atoms. The van der Waals surface area contributed by atoms with Gasteiger partial charge in [-0.25, -0.2) is 4.98 Å². The predicted octanol–water partition coefficient (Wildman–Crippen LogP) is 6.70. The number of fused-ring (bicyclic) bond motifs is 1. The van der Waals surface area contributed by atoms with E-state index in [0.29, 0.717) is 11.0 Å². The lowest BCUT2D eigenvalue weighted by Crippen LogP contribution is -2.20. The van der Waals surface area contributed by atoms with Crippen LogP contribution < -0.4 is 10.1 Å². The van der Waals surface area contributed by atoms with Gasteiger partial charge in [-0.05, 0) is 67.0 Å². The number of hydrogen-bond donors (Lipinski definition) is 1. The number of nitrogens with zero attached hydrogens (tertiary/aromatic N) is 1. The first-order chi connectivity index (χ1) is 14.7. The van der Waals surface area contributed by atoms with E-state index in [1.807, 2.05) is 18.2 Å². The number of unbranched alkanes of at least 4 members (excludes halogenated alkanes) is 1. The highest BCUT2D eigenvalue weighted by atomic mass is 32.1. The zero-order valence-corrected chi connectivity index (χ0v) is 18.5. The van der Waals surface area contributed by atoms with Gasteiger partial charge < -0.3 is 4.74 Å². The lowest BCUT2D eigenvalue weighted by atomic mass is 9.84. The van der Waals surface area contributed by atoms with Gasteiger partial charge >= 0.3 is 0 Å². The van der Waals surface area contributed by atoms with Crippen LogP contribution in [-0.4, -0.2) is 17.5 Å². The van der Waals surface area contributed by atoms with Crippen LogP contribution in [0, 0.1) is 0 Å². The molecular weight excluding hydrogens is 392 g/mol. The van der Waals surface area contributed by atoms with Crippen molar-refractivity contribution in [2.75, 3.05) is 11.9 Å². The molecular formula is C25H30N2O2S. The number of nitrogens with one attached hydrogen (secondary N) is 1. The number of carbonyl (C=O) groups is 1. The molecule has 3 aromatic rings. The number of hydrogen-bond acceptors (Lipinski definition) is 4. The van der Waals surface area contributed by atoms with Crippen molar-refractivity contribution in [3.63, 3.8) is 0 Å². The van der Waals surface area contributed by atoms with Crippen LogP contribution in [0.3, 0.4) is 0 Å². The third kappa shape index (κ3) is 5.39. The predicted molar refractivity (Wildman–Crippen MR) is 125 cm³/mol. The van der Waals surface area contributed by atoms with Gasteiger partial charge in [0.2, 0.25) is 0 Å². The Balaban J connectivity index is 1.30. The Morgan fingerprint density at radius 2 is 1.93 bits per heavy atom. The van der Waals surface area contributed by atoms with Crippen LogP contribution in [0.15, 0.2) is 42.5 Å². The Labute approximate surface area is 182 Å². The minimum atomic E-state index is -0.184. The molecule has 1 amide bonds. The quantitative estimate of drug-likeness (QED) is 0.439. The normalized spacial score (nSPS) is 14.7. The molecule has 4 nitrogen and oxygen atoms in total. The van der Waals surface area contributed by atoms with E-state index in [1.165, 1.54) is 67.4 Å². The van der Waals surface area contributed by atoms with Gasteiger partial charge in [-0.1, -0.05) is 62.1 Å². The highest BCUT2D eigenvalue weighted by molar-refractivity contribution is 7.22. The molecule has 1 aromatic heterocycles. The number of aromatic nitrogens is 1. The van der Waals surface area contributed by atoms with Gasteiger partial charge in [0.1, 0.15) is 5.75 Å². The summed E-state index contributed by atoms with van der Waals surface area (Å²) in [6, 6.07) is 14.6. The first kappa shape index (κ1) is 20.9. The molecule has 0 aliphatic heterocycles. The van der Waals surface area contributed by atoms with Crippen LogP contribution in [0.25, 0.3) is 10.2 Å². The summed E-state index contributed by atoms with van der Waals surface area (Å²) in [6.45, 7) is 2.19. The fourth-order valence-electron chi connectivity index (χ4n) is 4.14. The fraction of sp³-hybridized carbons (Fsp3) is 0.440. The highest BCUT2D eigenvalue weighted by Gasteiger charge is 2.15. The van der Waals surface area contributed by atoms with E-state index in [4.69, 9.17) is 4.74 Å². The van der Waals surface area contributed by atoms with E-state index in [-0.39, 0.29) is 12.5 Å². The summed E-state index contributed by atoms with van der Waals surface area (Å²) in [5.41, 5.74) is 3.64. The molecule has 5 heteroatoms. The van der Waals surface area contributed by atoms with E-state index >= 15 is 0 Å². The van der Waals surface area contributed by atoms with Gasteiger partial charge in [0, 0.05) is 0 Å². The summed E-state index contributed by atoms with van der Waals surface area (Å²) in [4.78, 5) is 16.8. The smallest absolute Gasteiger partial charge is 0.264 e. The second-order valence-corrected chi connectivity index (χ2v) is 9.20. The van der Waals surface area contributed by atoms with Gasteiger partial charge in [-0.3, -0.25) is 10.1 Å². The van der Waals surface area contributed by atoms with Crippen LogP contribution in [0.4, 0.5) is 5.13 Å². The number of benzene rings is 2. The molecule has 1 heterocycles. The average Bonchev–Trinajstić information content (AvgIpc) is 3.18. The van der Waals surface area contributed by atoms with Crippen LogP contribution in [0.5, 0.6) is 5.75 Å². The maximum absolute atomic E-state index is 12.3. The van der Waals surface area contributed by atoms with E-state index in [1.54, 1.807) is 0 Å². The van der Waals surface area contributed by atoms with Gasteiger partial charge in [0.25, 0.3) is 5.91 Å². The monoisotopic (exact) mass is 422 g/mol. The molecule has 158 valence electrons. The number of carbonyl (C=O) groups excluding carboxylic acids is 1. The summed E-state index contributed by atoms with van der Waals surface area (Å²) < 4.78 is 6.79. The van der Waals surface area contributed by atoms with E-state index in [2.05, 4.69) is 41.5 Å². The zero-order valence-electron chi connectivity index (χ0n) is 17.7. The first-order valence-electron chi connectivity index (χ1n) is 11.1. The fourth-order valence-corrected chi connectivity index (χ4v) is 5.08. The highest BCUT2D eigenvalue weighted by Crippen LogP contribution is 2.33. The molecule has 0 radical (unpaired) electrons. The second kappa shape index (κ2) is 10.1. The van der Waals surface area contributed by atoms with Crippen molar-refractivity contribution in [1.82, 2.24) is 4.98 Å². The minimum absolute atomic E-state index is 0.0134. The molecule has 1 aliphatic carbocycles. The van der Waals surface area contributed by atoms with Crippen molar-refractivity contribution in [2.24, 2.45) is 0 Å². The van der Waals surface area contributed by atoms with Crippen molar-refractivity contribution in [3.05, 3.63) is 53.6 Å². The Morgan fingerprint density at radius 3 is 2.70 bits per heavy atom. The third-order valence-electron chi connectivity index (χ3n) is 5.84. The lowest BCUT2D eigenvalue weighted by molar-refractivity contribution is -0.118. The number of anilines is 1. The Bertz CT molecular complexity index is 974. The largest absolute Gasteiger partial charge is 0.484 e. The van der Waals surface area contributed by atoms with Crippen molar-refractivity contribution in [1.29, 1.82) is 0 Å². The molecule has 0 bridgehead atoms. The second-order valence-electron chi connectivity index (χ2n) is 8.17. The van der Waals surface area contributed by atoms with Crippen molar-refractivity contribution in [3.8, 4) is 5.75 Å². The third-order valence-corrected chi connectivity index (χ3v) is 6.78. The van der Waals surface area contributed by atoms with Crippen molar-refractivity contribution >= 4 is 32.6 Å². The topological polar surface area (TPSA) is 51.2 Å². The molecule has 4 rings (SSSR count). The minimum Gasteiger partial charge on any atom is -0.484 e. The van der Waals surface area contributed by atoms with Gasteiger partial charge in [-0.15, -0.1) is 0 Å². The van der Waals surface area contributed by atoms with Crippen LogP contribution in [0.2, 0.25) is 0 Å². The molecule has 0 saturated heterocycles. The Hall–Kier alpha value is -2.40. The average molecular weight is 423 g/mol. The zero-order chi connectivity index (χ0) is 20.8. The number of aryl methyl sites for hydroxylation is 1. The standard InChI is InChI=1S/C25H30N2O2S/c1-2-3-7-18-10-15-22-23(16-18)30-25(26-22)27-24(28)17-29-21-13-11-20(12-14-21)19-8-5-4-6-9-19/h10-16,19H,2-9,17H2,1H3,(H,26,27,28). The van der Waals surface area contributed by atoms with Gasteiger partial charge in [0.15, 0.2) is 11.7 Å². The number of ether oxygens (including phenoxy) is 1. The maximum Gasteiger partial charge on any atom is 0.264 e. The molecule has 30 heavy (non-hydrogen) atoms. The van der Waals surface area contributed by atoms with Gasteiger partial charge in [-0.2, -0.15) is 0 Å². The molecule has 1 fully saturated rings. The Morgan fingerprint density at radius 1 is 1.13 bits per heavy atom. The number of rotatable bonds is 8. The number of amides is 1. The summed E-state index contributed by atoms with van der Waals surface area (Å²) in [6.07, 6.45) is 10.0. The summed E-state index contributed by atoms with van der Waals surface area (Å²) in [5, 5.41) is 3.49. The summed E-state index contributed by atoms with van der Waals surface area (Å²) in [7, 11) is 0. The molecule has 0 unspecified atom stereocenters. The lowest BCUT2D eigenvalue weighted by Gasteiger charge is -2.22. The van der Waals surface area contributed by atoms with E-state index in [9.17, 15) is 4.79 Å². The summed E-state index contributed by atoms with van der Waals surface area (Å²) in [5.74, 6) is 1.23. The van der Waals surface area contributed by atoms with Crippen molar-refractivity contribution in [2.45, 2.75) is 64.2 Å². The maximum atomic E-state index is 12.3. The first-order valence-corrected chi connectivity index (χ1v) is 11.9.